The number of carbonyl (C=O) groups is 5. The first-order valence-corrected chi connectivity index (χ1v) is 14.1. The van der Waals surface area contributed by atoms with Crippen molar-refractivity contribution >= 4 is 40.8 Å². The van der Waals surface area contributed by atoms with Crippen molar-refractivity contribution in [3.05, 3.63) is 130 Å². The molecule has 3 aliphatic carbocycles. The van der Waals surface area contributed by atoms with E-state index in [0.717, 1.165) is 27.2 Å². The lowest BCUT2D eigenvalue weighted by Gasteiger charge is -2.45. The van der Waals surface area contributed by atoms with Crippen LogP contribution in [0, 0.1) is 11.8 Å². The van der Waals surface area contributed by atoms with Crippen LogP contribution >= 0.6 is 0 Å². The molecule has 4 aromatic carbocycles. The Morgan fingerprint density at radius 1 is 0.721 bits per heavy atom. The van der Waals surface area contributed by atoms with Gasteiger partial charge in [-0.3, -0.25) is 19.2 Å². The Labute approximate surface area is 247 Å². The molecule has 1 N–H and O–H groups in total. The van der Waals surface area contributed by atoms with E-state index in [-0.39, 0.29) is 40.7 Å². The summed E-state index contributed by atoms with van der Waals surface area (Å²) in [6.45, 7) is 0.826. The van der Waals surface area contributed by atoms with E-state index in [1.54, 1.807) is 36.4 Å². The standard InChI is InChI=1S/C35H26N2O6/c1-19(38)20-9-8-10-21(17-20)36-28(39)18-43-35(42)26-15-6-7-16-27(26)37-33(40)31-29-22-11-2-3-12-23(22)30(32(31)34(37)41)25-14-5-4-13-24(25)29/h2-17,29-32H,18H2,1H3,(H,36,39)/t29?,30?,31-,32+. The van der Waals surface area contributed by atoms with Gasteiger partial charge in [0, 0.05) is 23.1 Å². The molecule has 2 bridgehead atoms. The molecule has 4 aromatic rings. The lowest BCUT2D eigenvalue weighted by Crippen LogP contribution is -2.41. The van der Waals surface area contributed by atoms with Gasteiger partial charge in [0.05, 0.1) is 23.1 Å². The highest BCUT2D eigenvalue weighted by Crippen LogP contribution is 2.61. The number of para-hydroxylation sites is 1. The molecule has 43 heavy (non-hydrogen) atoms. The Hall–Kier alpha value is -5.37. The average molecular weight is 571 g/mol. The highest BCUT2D eigenvalue weighted by Gasteiger charge is 2.62. The summed E-state index contributed by atoms with van der Waals surface area (Å²) < 4.78 is 5.32. The molecule has 8 nitrogen and oxygen atoms in total. The Bertz CT molecular complexity index is 1750. The molecule has 1 fully saturated rings. The Kier molecular flexibility index (Phi) is 6.27. The van der Waals surface area contributed by atoms with Crippen LogP contribution in [0.25, 0.3) is 0 Å². The van der Waals surface area contributed by atoms with Crippen LogP contribution in [-0.2, 0) is 19.1 Å². The summed E-state index contributed by atoms with van der Waals surface area (Å²) in [4.78, 5) is 66.9. The molecule has 212 valence electrons. The number of Topliss-reactive ketones (excluding diaryl/α,β-unsaturated/α-hetero) is 1. The Morgan fingerprint density at radius 3 is 1.81 bits per heavy atom. The molecule has 0 unspecified atom stereocenters. The third-order valence-electron chi connectivity index (χ3n) is 8.70. The molecule has 3 amide bonds. The first kappa shape index (κ1) is 26.5. The number of hydrogen-bond acceptors (Lipinski definition) is 6. The van der Waals surface area contributed by atoms with E-state index in [2.05, 4.69) is 5.32 Å². The molecule has 1 heterocycles. The summed E-state index contributed by atoms with van der Waals surface area (Å²) in [7, 11) is 0. The summed E-state index contributed by atoms with van der Waals surface area (Å²) in [6.07, 6.45) is 0. The number of anilines is 2. The van der Waals surface area contributed by atoms with Crippen molar-refractivity contribution in [2.45, 2.75) is 18.8 Å². The van der Waals surface area contributed by atoms with Crippen LogP contribution in [0.2, 0.25) is 0 Å². The molecule has 0 spiro atoms. The molecule has 1 aliphatic heterocycles. The molecule has 0 aromatic heterocycles. The lowest BCUT2D eigenvalue weighted by atomic mass is 9.55. The van der Waals surface area contributed by atoms with Crippen LogP contribution in [0.15, 0.2) is 97.1 Å². The van der Waals surface area contributed by atoms with Gasteiger partial charge >= 0.3 is 5.97 Å². The van der Waals surface area contributed by atoms with Gasteiger partial charge in [-0.25, -0.2) is 9.69 Å². The second kappa shape index (κ2) is 10.2. The average Bonchev–Trinajstić information content (AvgIpc) is 3.29. The van der Waals surface area contributed by atoms with E-state index in [1.807, 2.05) is 48.5 Å². The number of nitrogens with zero attached hydrogens (tertiary/aromatic N) is 1. The zero-order valence-electron chi connectivity index (χ0n) is 23.2. The van der Waals surface area contributed by atoms with Gasteiger partial charge in [0.1, 0.15) is 0 Å². The highest BCUT2D eigenvalue weighted by molar-refractivity contribution is 6.25. The predicted octanol–water partition coefficient (Wildman–Crippen LogP) is 5.08. The van der Waals surface area contributed by atoms with E-state index in [4.69, 9.17) is 4.74 Å². The minimum absolute atomic E-state index is 0.0107. The summed E-state index contributed by atoms with van der Waals surface area (Å²) in [5, 5.41) is 2.61. The molecule has 1 saturated heterocycles. The number of hydrogen-bond donors (Lipinski definition) is 1. The first-order chi connectivity index (χ1) is 20.8. The zero-order valence-corrected chi connectivity index (χ0v) is 23.2. The van der Waals surface area contributed by atoms with E-state index >= 15 is 0 Å². The summed E-state index contributed by atoms with van der Waals surface area (Å²) in [5.41, 5.74) is 5.21. The fourth-order valence-electron chi connectivity index (χ4n) is 6.98. The minimum Gasteiger partial charge on any atom is -0.452 e. The minimum atomic E-state index is -0.840. The van der Waals surface area contributed by atoms with Crippen molar-refractivity contribution in [2.75, 3.05) is 16.8 Å². The van der Waals surface area contributed by atoms with E-state index in [9.17, 15) is 24.0 Å². The van der Waals surface area contributed by atoms with E-state index in [0.29, 0.717) is 11.3 Å². The summed E-state index contributed by atoms with van der Waals surface area (Å²) in [5.74, 6) is -4.01. The van der Waals surface area contributed by atoms with Gasteiger partial charge in [0.15, 0.2) is 12.4 Å². The first-order valence-electron chi connectivity index (χ1n) is 14.1. The number of ether oxygens (including phenoxy) is 1. The number of esters is 1. The number of carbonyl (C=O) groups excluding carboxylic acids is 5. The van der Waals surface area contributed by atoms with Crippen LogP contribution in [0.4, 0.5) is 11.4 Å². The molecule has 0 saturated carbocycles. The van der Waals surface area contributed by atoms with Crippen molar-refractivity contribution < 1.29 is 28.7 Å². The van der Waals surface area contributed by atoms with Gasteiger partial charge in [-0.1, -0.05) is 72.8 Å². The third kappa shape index (κ3) is 4.17. The van der Waals surface area contributed by atoms with E-state index < -0.39 is 30.3 Å². The largest absolute Gasteiger partial charge is 0.452 e. The van der Waals surface area contributed by atoms with Crippen molar-refractivity contribution in [3.63, 3.8) is 0 Å². The van der Waals surface area contributed by atoms with Crippen molar-refractivity contribution in [1.29, 1.82) is 0 Å². The van der Waals surface area contributed by atoms with Crippen molar-refractivity contribution in [2.24, 2.45) is 11.8 Å². The Balaban J connectivity index is 1.15. The van der Waals surface area contributed by atoms with Crippen molar-refractivity contribution in [1.82, 2.24) is 0 Å². The van der Waals surface area contributed by atoms with Gasteiger partial charge in [0.25, 0.3) is 5.91 Å². The van der Waals surface area contributed by atoms with Crippen LogP contribution < -0.4 is 10.2 Å². The third-order valence-corrected chi connectivity index (χ3v) is 8.70. The molecular weight excluding hydrogens is 544 g/mol. The second-order valence-corrected chi connectivity index (χ2v) is 11.1. The number of ketones is 1. The maximum atomic E-state index is 14.1. The fourth-order valence-corrected chi connectivity index (χ4v) is 6.98. The number of amides is 3. The van der Waals surface area contributed by atoms with Gasteiger partial charge in [0.2, 0.25) is 11.8 Å². The zero-order chi connectivity index (χ0) is 29.8. The van der Waals surface area contributed by atoms with E-state index in [1.165, 1.54) is 19.1 Å². The quantitative estimate of drug-likeness (QED) is 0.197. The number of nitrogens with one attached hydrogen (secondary N) is 1. The molecule has 8 heteroatoms. The summed E-state index contributed by atoms with van der Waals surface area (Å²) >= 11 is 0. The maximum absolute atomic E-state index is 14.1. The Morgan fingerprint density at radius 2 is 1.26 bits per heavy atom. The highest BCUT2D eigenvalue weighted by atomic mass is 16.5. The molecule has 8 rings (SSSR count). The van der Waals surface area contributed by atoms with Crippen LogP contribution in [-0.4, -0.2) is 36.1 Å². The van der Waals surface area contributed by atoms with Gasteiger partial charge in [-0.05, 0) is 53.4 Å². The maximum Gasteiger partial charge on any atom is 0.340 e. The van der Waals surface area contributed by atoms with Crippen LogP contribution in [0.1, 0.15) is 61.7 Å². The molecule has 0 radical (unpaired) electrons. The molecule has 2 atom stereocenters. The monoisotopic (exact) mass is 570 g/mol. The SMILES string of the molecule is CC(=O)c1cccc(NC(=O)COC(=O)c2ccccc2N2C(=O)[C@@H]3C4c5ccccc5C(c5ccccc54)[C@@H]3C2=O)c1. The summed E-state index contributed by atoms with van der Waals surface area (Å²) in [6, 6.07) is 28.7. The fraction of sp³-hybridized carbons (Fsp3) is 0.171. The van der Waals surface area contributed by atoms with Gasteiger partial charge < -0.3 is 10.1 Å². The van der Waals surface area contributed by atoms with Gasteiger partial charge in [-0.2, -0.15) is 0 Å². The topological polar surface area (TPSA) is 110 Å². The lowest BCUT2D eigenvalue weighted by molar-refractivity contribution is -0.122. The smallest absolute Gasteiger partial charge is 0.340 e. The van der Waals surface area contributed by atoms with Crippen LogP contribution in [0.3, 0.4) is 0 Å². The molecule has 4 aliphatic rings. The van der Waals surface area contributed by atoms with Crippen molar-refractivity contribution in [3.8, 4) is 0 Å². The van der Waals surface area contributed by atoms with Gasteiger partial charge in [-0.15, -0.1) is 0 Å². The second-order valence-electron chi connectivity index (χ2n) is 11.1. The van der Waals surface area contributed by atoms with Crippen LogP contribution in [0.5, 0.6) is 0 Å². The number of rotatable bonds is 6. The molecular formula is C35H26N2O6. The normalized spacial score (nSPS) is 21.1. The number of benzene rings is 4. The predicted molar refractivity (Wildman–Crippen MR) is 158 cm³/mol. The number of imide groups is 1.